The van der Waals surface area contributed by atoms with Gasteiger partial charge in [-0.05, 0) is 24.3 Å². The van der Waals surface area contributed by atoms with E-state index in [1.807, 2.05) is 18.2 Å². The van der Waals surface area contributed by atoms with Gasteiger partial charge < -0.3 is 14.2 Å². The standard InChI is InChI=1S/C24H23N3O/c1-2-24-25-20-11-5-8-14-23(20)27(24)16-17(28)15-26-21-12-6-3-9-18(21)19-10-4-7-13-22(19)26/h3-14,17,28H,2,15-16H2,1H3/t17-/m1/s1. The predicted octanol–water partition coefficient (Wildman–Crippen LogP) is 4.77. The summed E-state index contributed by atoms with van der Waals surface area (Å²) in [5.74, 6) is 1.02. The first-order valence-corrected chi connectivity index (χ1v) is 9.84. The third-order valence-electron chi connectivity index (χ3n) is 5.52. The van der Waals surface area contributed by atoms with Crippen LogP contribution in [0.5, 0.6) is 0 Å². The number of aryl methyl sites for hydroxylation is 1. The second-order valence-electron chi connectivity index (χ2n) is 7.28. The van der Waals surface area contributed by atoms with Gasteiger partial charge in [0.15, 0.2) is 0 Å². The Hall–Kier alpha value is -3.11. The Bertz CT molecular complexity index is 1230. The Morgan fingerprint density at radius 3 is 1.93 bits per heavy atom. The smallest absolute Gasteiger partial charge is 0.109 e. The average Bonchev–Trinajstić information content (AvgIpc) is 3.25. The summed E-state index contributed by atoms with van der Waals surface area (Å²) in [5.41, 5.74) is 4.40. The Balaban J connectivity index is 1.54. The van der Waals surface area contributed by atoms with Gasteiger partial charge in [-0.2, -0.15) is 0 Å². The highest BCUT2D eigenvalue weighted by Gasteiger charge is 2.16. The molecule has 140 valence electrons. The van der Waals surface area contributed by atoms with Gasteiger partial charge in [0, 0.05) is 28.2 Å². The second-order valence-corrected chi connectivity index (χ2v) is 7.28. The van der Waals surface area contributed by atoms with Crippen LogP contribution in [-0.2, 0) is 19.5 Å². The summed E-state index contributed by atoms with van der Waals surface area (Å²) >= 11 is 0. The van der Waals surface area contributed by atoms with Crippen molar-refractivity contribution in [1.29, 1.82) is 0 Å². The highest BCUT2D eigenvalue weighted by molar-refractivity contribution is 6.07. The first-order chi connectivity index (χ1) is 13.8. The third kappa shape index (κ3) is 2.69. The highest BCUT2D eigenvalue weighted by atomic mass is 16.3. The molecule has 0 aliphatic rings. The molecule has 0 fully saturated rings. The molecule has 0 radical (unpaired) electrons. The van der Waals surface area contributed by atoms with Crippen LogP contribution < -0.4 is 0 Å². The van der Waals surface area contributed by atoms with Crippen LogP contribution in [0.25, 0.3) is 32.8 Å². The Kier molecular flexibility index (Phi) is 4.14. The molecule has 0 saturated heterocycles. The zero-order valence-corrected chi connectivity index (χ0v) is 15.9. The van der Waals surface area contributed by atoms with Crippen molar-refractivity contribution in [3.63, 3.8) is 0 Å². The number of nitrogens with zero attached hydrogens (tertiary/aromatic N) is 3. The molecule has 1 atom stereocenters. The van der Waals surface area contributed by atoms with Crippen LogP contribution in [-0.4, -0.2) is 25.3 Å². The van der Waals surface area contributed by atoms with E-state index in [4.69, 9.17) is 4.98 Å². The molecule has 0 amide bonds. The van der Waals surface area contributed by atoms with Crippen molar-refractivity contribution in [2.24, 2.45) is 0 Å². The molecule has 2 aromatic heterocycles. The van der Waals surface area contributed by atoms with Gasteiger partial charge in [0.2, 0.25) is 0 Å². The number of aliphatic hydroxyl groups excluding tert-OH is 1. The van der Waals surface area contributed by atoms with Gasteiger partial charge in [-0.15, -0.1) is 0 Å². The number of fused-ring (bicyclic) bond motifs is 4. The molecule has 0 aliphatic heterocycles. The van der Waals surface area contributed by atoms with Crippen LogP contribution in [0, 0.1) is 0 Å². The van der Waals surface area contributed by atoms with Gasteiger partial charge in [-0.25, -0.2) is 4.98 Å². The van der Waals surface area contributed by atoms with E-state index >= 15 is 0 Å². The molecule has 0 aliphatic carbocycles. The van der Waals surface area contributed by atoms with E-state index in [1.165, 1.54) is 10.8 Å². The maximum Gasteiger partial charge on any atom is 0.109 e. The number of rotatable bonds is 5. The minimum absolute atomic E-state index is 0.512. The Morgan fingerprint density at radius 2 is 1.29 bits per heavy atom. The summed E-state index contributed by atoms with van der Waals surface area (Å²) in [6.07, 6.45) is 0.332. The van der Waals surface area contributed by atoms with Crippen LogP contribution in [0.2, 0.25) is 0 Å². The van der Waals surface area contributed by atoms with Crippen LogP contribution in [0.4, 0.5) is 0 Å². The van der Waals surface area contributed by atoms with Crippen LogP contribution in [0.15, 0.2) is 72.8 Å². The summed E-state index contributed by atoms with van der Waals surface area (Å²) < 4.78 is 4.40. The molecule has 5 aromatic rings. The first kappa shape index (κ1) is 17.0. The molecular weight excluding hydrogens is 346 g/mol. The lowest BCUT2D eigenvalue weighted by Gasteiger charge is -2.16. The topological polar surface area (TPSA) is 43.0 Å². The average molecular weight is 369 g/mol. The molecule has 3 aromatic carbocycles. The molecule has 0 bridgehead atoms. The number of imidazole rings is 1. The predicted molar refractivity (Wildman–Crippen MR) is 115 cm³/mol. The molecule has 0 spiro atoms. The molecule has 1 N–H and O–H groups in total. The van der Waals surface area contributed by atoms with Gasteiger partial charge in [0.25, 0.3) is 0 Å². The molecular formula is C24H23N3O. The van der Waals surface area contributed by atoms with Crippen molar-refractivity contribution in [2.45, 2.75) is 32.5 Å². The minimum atomic E-state index is -0.512. The summed E-state index contributed by atoms with van der Waals surface area (Å²) in [7, 11) is 0. The fourth-order valence-electron chi connectivity index (χ4n) is 4.28. The zero-order valence-electron chi connectivity index (χ0n) is 15.9. The lowest BCUT2D eigenvalue weighted by Crippen LogP contribution is -2.23. The fraction of sp³-hybridized carbons (Fsp3) is 0.208. The van der Waals surface area contributed by atoms with Crippen molar-refractivity contribution in [1.82, 2.24) is 14.1 Å². The molecule has 4 nitrogen and oxygen atoms in total. The number of hydrogen-bond donors (Lipinski definition) is 1. The molecule has 5 rings (SSSR count). The quantitative estimate of drug-likeness (QED) is 0.485. The van der Waals surface area contributed by atoms with E-state index < -0.39 is 6.10 Å². The van der Waals surface area contributed by atoms with E-state index in [9.17, 15) is 5.11 Å². The molecule has 28 heavy (non-hydrogen) atoms. The molecule has 0 saturated carbocycles. The third-order valence-corrected chi connectivity index (χ3v) is 5.52. The fourth-order valence-corrected chi connectivity index (χ4v) is 4.28. The van der Waals surface area contributed by atoms with Crippen molar-refractivity contribution < 1.29 is 5.11 Å². The second kappa shape index (κ2) is 6.80. The molecule has 2 heterocycles. The summed E-state index contributed by atoms with van der Waals surface area (Å²) in [6.45, 7) is 3.19. The molecule has 4 heteroatoms. The lowest BCUT2D eigenvalue weighted by molar-refractivity contribution is 0.137. The summed E-state index contributed by atoms with van der Waals surface area (Å²) in [4.78, 5) is 4.73. The van der Waals surface area contributed by atoms with Crippen molar-refractivity contribution in [3.05, 3.63) is 78.6 Å². The van der Waals surface area contributed by atoms with Crippen molar-refractivity contribution in [2.75, 3.05) is 0 Å². The van der Waals surface area contributed by atoms with Gasteiger partial charge in [-0.1, -0.05) is 55.5 Å². The van der Waals surface area contributed by atoms with Crippen molar-refractivity contribution in [3.8, 4) is 0 Å². The number of para-hydroxylation sites is 4. The first-order valence-electron chi connectivity index (χ1n) is 9.84. The van der Waals surface area contributed by atoms with E-state index in [0.717, 1.165) is 34.3 Å². The maximum atomic E-state index is 11.0. The lowest BCUT2D eigenvalue weighted by atomic mass is 10.2. The zero-order chi connectivity index (χ0) is 19.1. The van der Waals surface area contributed by atoms with Crippen LogP contribution in [0.1, 0.15) is 12.7 Å². The minimum Gasteiger partial charge on any atom is -0.389 e. The monoisotopic (exact) mass is 369 g/mol. The van der Waals surface area contributed by atoms with Crippen molar-refractivity contribution >= 4 is 32.8 Å². The number of benzene rings is 3. The SMILES string of the molecule is CCc1nc2ccccc2n1C[C@H](O)Cn1c2ccccc2c2ccccc21. The van der Waals surface area contributed by atoms with E-state index in [1.54, 1.807) is 0 Å². The van der Waals surface area contributed by atoms with E-state index in [2.05, 4.69) is 70.7 Å². The normalized spacial score (nSPS) is 12.9. The maximum absolute atomic E-state index is 11.0. The summed E-state index contributed by atoms with van der Waals surface area (Å²) in [5, 5.41) is 13.5. The number of aliphatic hydroxyl groups is 1. The Morgan fingerprint density at radius 1 is 0.750 bits per heavy atom. The van der Waals surface area contributed by atoms with Gasteiger partial charge >= 0.3 is 0 Å². The molecule has 0 unspecified atom stereocenters. The van der Waals surface area contributed by atoms with Gasteiger partial charge in [0.05, 0.1) is 30.2 Å². The van der Waals surface area contributed by atoms with E-state index in [0.29, 0.717) is 13.1 Å². The van der Waals surface area contributed by atoms with Crippen LogP contribution >= 0.6 is 0 Å². The van der Waals surface area contributed by atoms with E-state index in [-0.39, 0.29) is 0 Å². The highest BCUT2D eigenvalue weighted by Crippen LogP contribution is 2.29. The Labute approximate surface area is 163 Å². The number of hydrogen-bond acceptors (Lipinski definition) is 2. The summed E-state index contributed by atoms with van der Waals surface area (Å²) in [6, 6.07) is 25.0. The largest absolute Gasteiger partial charge is 0.389 e. The van der Waals surface area contributed by atoms with Crippen LogP contribution in [0.3, 0.4) is 0 Å². The number of aromatic nitrogens is 3. The van der Waals surface area contributed by atoms with Gasteiger partial charge in [-0.3, -0.25) is 0 Å². The van der Waals surface area contributed by atoms with Gasteiger partial charge in [0.1, 0.15) is 5.82 Å².